The number of ether oxygens (including phenoxy) is 1. The Morgan fingerprint density at radius 3 is 2.69 bits per heavy atom. The number of morpholine rings is 1. The molecule has 0 radical (unpaired) electrons. The number of aromatic nitrogens is 3. The molecule has 2 heterocycles. The molecule has 0 N–H and O–H groups in total. The number of benzene rings is 1. The van der Waals surface area contributed by atoms with Crippen LogP contribution in [-0.2, 0) is 16.1 Å². The van der Waals surface area contributed by atoms with Crippen LogP contribution in [0.15, 0.2) is 29.4 Å². The molecule has 26 heavy (non-hydrogen) atoms. The van der Waals surface area contributed by atoms with Crippen molar-refractivity contribution in [3.05, 3.63) is 30.1 Å². The Morgan fingerprint density at radius 1 is 1.27 bits per heavy atom. The molecule has 0 spiro atoms. The van der Waals surface area contributed by atoms with Crippen molar-refractivity contribution in [3.8, 4) is 11.4 Å². The molecule has 6 nitrogen and oxygen atoms in total. The quantitative estimate of drug-likeness (QED) is 0.724. The molecular weight excluding hydrogens is 355 g/mol. The SMILES string of the molecule is CC(C)Cn1c(SCC(=O)N2CCOCC2)nnc1-c1ccccc1F. The van der Waals surface area contributed by atoms with Crippen molar-refractivity contribution in [2.75, 3.05) is 32.1 Å². The van der Waals surface area contributed by atoms with Gasteiger partial charge in [0, 0.05) is 19.6 Å². The number of hydrogen-bond acceptors (Lipinski definition) is 5. The Bertz CT molecular complexity index is 759. The second kappa shape index (κ2) is 8.64. The summed E-state index contributed by atoms with van der Waals surface area (Å²) in [4.78, 5) is 14.2. The lowest BCUT2D eigenvalue weighted by molar-refractivity contribution is -0.132. The van der Waals surface area contributed by atoms with Gasteiger partial charge in [0.1, 0.15) is 5.82 Å². The van der Waals surface area contributed by atoms with Crippen LogP contribution >= 0.6 is 11.8 Å². The summed E-state index contributed by atoms with van der Waals surface area (Å²) >= 11 is 1.35. The largest absolute Gasteiger partial charge is 0.378 e. The second-order valence-electron chi connectivity index (χ2n) is 6.57. The zero-order valence-electron chi connectivity index (χ0n) is 15.0. The van der Waals surface area contributed by atoms with Gasteiger partial charge in [0.05, 0.1) is 24.5 Å². The van der Waals surface area contributed by atoms with Crippen LogP contribution in [0.25, 0.3) is 11.4 Å². The molecule has 1 saturated heterocycles. The van der Waals surface area contributed by atoms with Crippen molar-refractivity contribution in [1.29, 1.82) is 0 Å². The minimum absolute atomic E-state index is 0.0600. The van der Waals surface area contributed by atoms with Gasteiger partial charge >= 0.3 is 0 Å². The Hall–Kier alpha value is -1.93. The number of halogens is 1. The van der Waals surface area contributed by atoms with Crippen LogP contribution in [0.5, 0.6) is 0 Å². The zero-order chi connectivity index (χ0) is 18.5. The van der Waals surface area contributed by atoms with Crippen molar-refractivity contribution in [2.45, 2.75) is 25.5 Å². The van der Waals surface area contributed by atoms with Gasteiger partial charge < -0.3 is 14.2 Å². The van der Waals surface area contributed by atoms with Gasteiger partial charge in [-0.25, -0.2) is 4.39 Å². The molecular formula is C18H23FN4O2S. The summed E-state index contributed by atoms with van der Waals surface area (Å²) in [6.45, 7) is 7.23. The zero-order valence-corrected chi connectivity index (χ0v) is 15.8. The maximum absolute atomic E-state index is 14.2. The van der Waals surface area contributed by atoms with Gasteiger partial charge in [-0.1, -0.05) is 37.7 Å². The van der Waals surface area contributed by atoms with E-state index in [0.29, 0.717) is 55.3 Å². The van der Waals surface area contributed by atoms with E-state index in [1.165, 1.54) is 17.8 Å². The van der Waals surface area contributed by atoms with E-state index in [-0.39, 0.29) is 17.5 Å². The fourth-order valence-corrected chi connectivity index (χ4v) is 3.65. The molecule has 2 aromatic rings. The molecule has 8 heteroatoms. The van der Waals surface area contributed by atoms with Gasteiger partial charge in [-0.05, 0) is 18.1 Å². The second-order valence-corrected chi connectivity index (χ2v) is 7.51. The Labute approximate surface area is 156 Å². The predicted octanol–water partition coefficient (Wildman–Crippen LogP) is 2.69. The minimum Gasteiger partial charge on any atom is -0.378 e. The third kappa shape index (κ3) is 4.42. The highest BCUT2D eigenvalue weighted by atomic mass is 32.2. The maximum atomic E-state index is 14.2. The van der Waals surface area contributed by atoms with Crippen LogP contribution in [0.2, 0.25) is 0 Å². The molecule has 1 aliphatic heterocycles. The third-order valence-corrected chi connectivity index (χ3v) is 5.02. The first-order chi connectivity index (χ1) is 12.6. The standard InChI is InChI=1S/C18H23FN4O2S/c1-13(2)11-23-17(14-5-3-4-6-15(14)19)20-21-18(23)26-12-16(24)22-7-9-25-10-8-22/h3-6,13H,7-12H2,1-2H3. The molecule has 1 aliphatic rings. The highest BCUT2D eigenvalue weighted by Gasteiger charge is 2.21. The van der Waals surface area contributed by atoms with Crippen molar-refractivity contribution in [3.63, 3.8) is 0 Å². The fourth-order valence-electron chi connectivity index (χ4n) is 2.80. The Morgan fingerprint density at radius 2 is 2.00 bits per heavy atom. The van der Waals surface area contributed by atoms with E-state index in [4.69, 9.17) is 4.74 Å². The third-order valence-electron chi connectivity index (χ3n) is 4.07. The highest BCUT2D eigenvalue weighted by molar-refractivity contribution is 7.99. The summed E-state index contributed by atoms with van der Waals surface area (Å²) in [5.41, 5.74) is 0.423. The lowest BCUT2D eigenvalue weighted by atomic mass is 10.2. The van der Waals surface area contributed by atoms with Crippen LogP contribution in [0.4, 0.5) is 4.39 Å². The molecule has 140 valence electrons. The van der Waals surface area contributed by atoms with E-state index < -0.39 is 0 Å². The molecule has 0 saturated carbocycles. The average molecular weight is 378 g/mol. The normalized spacial score (nSPS) is 14.8. The molecule has 0 bridgehead atoms. The average Bonchev–Trinajstić information content (AvgIpc) is 3.02. The smallest absolute Gasteiger partial charge is 0.233 e. The summed E-state index contributed by atoms with van der Waals surface area (Å²) in [7, 11) is 0. The molecule has 3 rings (SSSR count). The lowest BCUT2D eigenvalue weighted by Crippen LogP contribution is -2.41. The van der Waals surface area contributed by atoms with Gasteiger partial charge in [0.2, 0.25) is 5.91 Å². The molecule has 0 atom stereocenters. The monoisotopic (exact) mass is 378 g/mol. The molecule has 0 aliphatic carbocycles. The van der Waals surface area contributed by atoms with Crippen LogP contribution in [0.3, 0.4) is 0 Å². The van der Waals surface area contributed by atoms with E-state index in [1.807, 2.05) is 4.57 Å². The first-order valence-corrected chi connectivity index (χ1v) is 9.71. The van der Waals surface area contributed by atoms with Crippen molar-refractivity contribution >= 4 is 17.7 Å². The molecule has 1 aromatic heterocycles. The van der Waals surface area contributed by atoms with Crippen LogP contribution in [0, 0.1) is 11.7 Å². The summed E-state index contributed by atoms with van der Waals surface area (Å²) in [6.07, 6.45) is 0. The van der Waals surface area contributed by atoms with E-state index in [1.54, 1.807) is 23.1 Å². The van der Waals surface area contributed by atoms with Gasteiger partial charge in [-0.2, -0.15) is 0 Å². The molecule has 0 unspecified atom stereocenters. The van der Waals surface area contributed by atoms with Crippen molar-refractivity contribution in [1.82, 2.24) is 19.7 Å². The number of carbonyl (C=O) groups excluding carboxylic acids is 1. The first kappa shape index (κ1) is 18.8. The maximum Gasteiger partial charge on any atom is 0.233 e. The fraction of sp³-hybridized carbons (Fsp3) is 0.500. The lowest BCUT2D eigenvalue weighted by Gasteiger charge is -2.26. The number of nitrogens with zero attached hydrogens (tertiary/aromatic N) is 4. The molecule has 1 amide bonds. The Kier molecular flexibility index (Phi) is 6.26. The number of hydrogen-bond donors (Lipinski definition) is 0. The van der Waals surface area contributed by atoms with Gasteiger partial charge in [-0.3, -0.25) is 4.79 Å². The van der Waals surface area contributed by atoms with Gasteiger partial charge in [0.15, 0.2) is 11.0 Å². The Balaban J connectivity index is 1.78. The minimum atomic E-state index is -0.328. The first-order valence-electron chi connectivity index (χ1n) is 8.72. The number of amides is 1. The van der Waals surface area contributed by atoms with Gasteiger partial charge in [0.25, 0.3) is 0 Å². The van der Waals surface area contributed by atoms with Gasteiger partial charge in [-0.15, -0.1) is 10.2 Å². The van der Waals surface area contributed by atoms with Crippen molar-refractivity contribution < 1.29 is 13.9 Å². The van der Waals surface area contributed by atoms with Crippen LogP contribution in [-0.4, -0.2) is 57.6 Å². The summed E-state index contributed by atoms with van der Waals surface area (Å²) < 4.78 is 21.4. The number of carbonyl (C=O) groups is 1. The summed E-state index contributed by atoms with van der Waals surface area (Å²) in [5.74, 6) is 0.854. The van der Waals surface area contributed by atoms with E-state index in [2.05, 4.69) is 24.0 Å². The topological polar surface area (TPSA) is 60.2 Å². The van der Waals surface area contributed by atoms with Crippen LogP contribution in [0.1, 0.15) is 13.8 Å². The summed E-state index contributed by atoms with van der Waals surface area (Å²) in [6, 6.07) is 6.54. The molecule has 1 fully saturated rings. The number of thioether (sulfide) groups is 1. The summed E-state index contributed by atoms with van der Waals surface area (Å²) in [5, 5.41) is 9.05. The van der Waals surface area contributed by atoms with E-state index in [9.17, 15) is 9.18 Å². The van der Waals surface area contributed by atoms with Crippen molar-refractivity contribution in [2.24, 2.45) is 5.92 Å². The highest BCUT2D eigenvalue weighted by Crippen LogP contribution is 2.27. The van der Waals surface area contributed by atoms with E-state index in [0.717, 1.165) is 0 Å². The predicted molar refractivity (Wildman–Crippen MR) is 98.4 cm³/mol. The number of rotatable bonds is 6. The van der Waals surface area contributed by atoms with Crippen LogP contribution < -0.4 is 0 Å². The molecule has 1 aromatic carbocycles. The van der Waals surface area contributed by atoms with E-state index >= 15 is 0 Å².